The van der Waals surface area contributed by atoms with E-state index in [0.717, 1.165) is 31.8 Å². The van der Waals surface area contributed by atoms with Crippen LogP contribution in [0, 0.1) is 5.92 Å². The van der Waals surface area contributed by atoms with Crippen LogP contribution in [0.25, 0.3) is 0 Å². The van der Waals surface area contributed by atoms with Crippen molar-refractivity contribution < 1.29 is 4.79 Å². The number of amides is 1. The molecule has 1 aliphatic heterocycles. The zero-order chi connectivity index (χ0) is 13.7. The van der Waals surface area contributed by atoms with Crippen LogP contribution < -0.4 is 5.32 Å². The number of likely N-dealkylation sites (N-methyl/N-ethyl adjacent to an activating group) is 1. The van der Waals surface area contributed by atoms with Crippen LogP contribution in [0.15, 0.2) is 0 Å². The van der Waals surface area contributed by atoms with Crippen LogP contribution in [-0.4, -0.2) is 36.0 Å². The molecular weight excluding hydrogens is 236 g/mol. The van der Waals surface area contributed by atoms with Crippen LogP contribution >= 0.6 is 0 Å². The van der Waals surface area contributed by atoms with Crippen LogP contribution in [0.5, 0.6) is 0 Å². The first-order chi connectivity index (χ1) is 9.26. The first-order valence-corrected chi connectivity index (χ1v) is 8.30. The van der Waals surface area contributed by atoms with Crippen molar-refractivity contribution in [3.8, 4) is 0 Å². The summed E-state index contributed by atoms with van der Waals surface area (Å²) in [6, 6.07) is 0.620. The predicted molar refractivity (Wildman–Crippen MR) is 79.1 cm³/mol. The van der Waals surface area contributed by atoms with E-state index >= 15 is 0 Å². The summed E-state index contributed by atoms with van der Waals surface area (Å²) < 4.78 is 0. The zero-order valence-electron chi connectivity index (χ0n) is 12.7. The topological polar surface area (TPSA) is 32.3 Å². The third-order valence-corrected chi connectivity index (χ3v) is 4.88. The van der Waals surface area contributed by atoms with E-state index in [0.29, 0.717) is 11.9 Å². The fourth-order valence-corrected chi connectivity index (χ4v) is 3.85. The molecule has 0 bridgehead atoms. The zero-order valence-corrected chi connectivity index (χ0v) is 12.7. The Kier molecular flexibility index (Phi) is 5.68. The third-order valence-electron chi connectivity index (χ3n) is 4.88. The number of nitrogens with one attached hydrogen (secondary N) is 1. The maximum Gasteiger partial charge on any atom is 0.239 e. The first kappa shape index (κ1) is 14.8. The number of carbonyl (C=O) groups excluding carboxylic acids is 1. The summed E-state index contributed by atoms with van der Waals surface area (Å²) in [6.07, 6.45) is 9.99. The van der Waals surface area contributed by atoms with Gasteiger partial charge in [0.2, 0.25) is 5.91 Å². The SMILES string of the molecule is CCCC1CCC(N2CCCC(NCC)C2=O)CC1. The van der Waals surface area contributed by atoms with Crippen molar-refractivity contribution in [2.24, 2.45) is 5.92 Å². The number of hydrogen-bond acceptors (Lipinski definition) is 2. The average Bonchev–Trinajstić information content (AvgIpc) is 2.43. The molecule has 1 N–H and O–H groups in total. The summed E-state index contributed by atoms with van der Waals surface area (Å²) in [7, 11) is 0. The van der Waals surface area contributed by atoms with Gasteiger partial charge >= 0.3 is 0 Å². The van der Waals surface area contributed by atoms with Gasteiger partial charge in [0.05, 0.1) is 6.04 Å². The van der Waals surface area contributed by atoms with Gasteiger partial charge in [0, 0.05) is 12.6 Å². The number of carbonyl (C=O) groups is 1. The Morgan fingerprint density at radius 1 is 1.16 bits per heavy atom. The Labute approximate surface area is 118 Å². The van der Waals surface area contributed by atoms with Gasteiger partial charge in [-0.3, -0.25) is 4.79 Å². The molecule has 1 atom stereocenters. The van der Waals surface area contributed by atoms with E-state index in [1.165, 1.54) is 38.5 Å². The van der Waals surface area contributed by atoms with Gasteiger partial charge in [-0.25, -0.2) is 0 Å². The number of nitrogens with zero attached hydrogens (tertiary/aromatic N) is 1. The molecule has 19 heavy (non-hydrogen) atoms. The minimum absolute atomic E-state index is 0.0899. The molecule has 2 rings (SSSR count). The monoisotopic (exact) mass is 266 g/mol. The highest BCUT2D eigenvalue weighted by molar-refractivity contribution is 5.82. The lowest BCUT2D eigenvalue weighted by molar-refractivity contribution is -0.139. The number of piperidine rings is 1. The van der Waals surface area contributed by atoms with Crippen molar-refractivity contribution in [1.82, 2.24) is 10.2 Å². The van der Waals surface area contributed by atoms with Gasteiger partial charge in [-0.2, -0.15) is 0 Å². The number of hydrogen-bond donors (Lipinski definition) is 1. The van der Waals surface area contributed by atoms with Gasteiger partial charge in [0.1, 0.15) is 0 Å². The van der Waals surface area contributed by atoms with Crippen LogP contribution in [-0.2, 0) is 4.79 Å². The van der Waals surface area contributed by atoms with Gasteiger partial charge in [0.25, 0.3) is 0 Å². The normalized spacial score (nSPS) is 32.6. The summed E-state index contributed by atoms with van der Waals surface area (Å²) in [6.45, 7) is 6.25. The van der Waals surface area contributed by atoms with Crippen LogP contribution in [0.1, 0.15) is 65.2 Å². The molecule has 110 valence electrons. The quantitative estimate of drug-likeness (QED) is 0.830. The molecule has 3 heteroatoms. The van der Waals surface area contributed by atoms with Crippen LogP contribution in [0.2, 0.25) is 0 Å². The molecule has 0 aromatic heterocycles. The standard InChI is InChI=1S/C16H30N2O/c1-3-6-13-8-10-14(11-9-13)18-12-5-7-15(16(18)19)17-4-2/h13-15,17H,3-12H2,1-2H3. The Hall–Kier alpha value is -0.570. The first-order valence-electron chi connectivity index (χ1n) is 8.30. The molecule has 0 spiro atoms. The lowest BCUT2D eigenvalue weighted by atomic mass is 9.82. The van der Waals surface area contributed by atoms with Crippen LogP contribution in [0.3, 0.4) is 0 Å². The second-order valence-corrected chi connectivity index (χ2v) is 6.25. The summed E-state index contributed by atoms with van der Waals surface area (Å²) >= 11 is 0. The van der Waals surface area contributed by atoms with E-state index in [1.54, 1.807) is 0 Å². The summed E-state index contributed by atoms with van der Waals surface area (Å²) in [5.41, 5.74) is 0. The summed E-state index contributed by atoms with van der Waals surface area (Å²) in [4.78, 5) is 14.7. The highest BCUT2D eigenvalue weighted by Crippen LogP contribution is 2.31. The van der Waals surface area contributed by atoms with E-state index in [1.807, 2.05) is 0 Å². The van der Waals surface area contributed by atoms with Crippen molar-refractivity contribution in [3.05, 3.63) is 0 Å². The number of rotatable bonds is 5. The fraction of sp³-hybridized carbons (Fsp3) is 0.938. The molecule has 1 aliphatic carbocycles. The molecule has 1 saturated heterocycles. The van der Waals surface area contributed by atoms with Gasteiger partial charge in [-0.05, 0) is 51.0 Å². The van der Waals surface area contributed by atoms with E-state index in [-0.39, 0.29) is 6.04 Å². The Morgan fingerprint density at radius 2 is 1.89 bits per heavy atom. The minimum atomic E-state index is 0.0899. The van der Waals surface area contributed by atoms with Crippen molar-refractivity contribution in [2.45, 2.75) is 77.3 Å². The average molecular weight is 266 g/mol. The molecule has 1 saturated carbocycles. The van der Waals surface area contributed by atoms with Crippen molar-refractivity contribution in [3.63, 3.8) is 0 Å². The van der Waals surface area contributed by atoms with Crippen molar-refractivity contribution >= 4 is 5.91 Å². The molecular formula is C16H30N2O. The van der Waals surface area contributed by atoms with E-state index in [4.69, 9.17) is 0 Å². The molecule has 1 amide bonds. The maximum atomic E-state index is 12.5. The maximum absolute atomic E-state index is 12.5. The van der Waals surface area contributed by atoms with E-state index in [9.17, 15) is 4.79 Å². The van der Waals surface area contributed by atoms with Gasteiger partial charge in [-0.15, -0.1) is 0 Å². The molecule has 1 unspecified atom stereocenters. The van der Waals surface area contributed by atoms with Crippen LogP contribution in [0.4, 0.5) is 0 Å². The smallest absolute Gasteiger partial charge is 0.239 e. The Balaban J connectivity index is 1.86. The molecule has 3 nitrogen and oxygen atoms in total. The van der Waals surface area contributed by atoms with E-state index in [2.05, 4.69) is 24.1 Å². The van der Waals surface area contributed by atoms with Gasteiger partial charge < -0.3 is 10.2 Å². The molecule has 0 aromatic rings. The van der Waals surface area contributed by atoms with Gasteiger partial charge in [0.15, 0.2) is 0 Å². The molecule has 2 aliphatic rings. The van der Waals surface area contributed by atoms with Crippen molar-refractivity contribution in [2.75, 3.05) is 13.1 Å². The Bertz CT molecular complexity index is 282. The van der Waals surface area contributed by atoms with Gasteiger partial charge in [-0.1, -0.05) is 26.7 Å². The molecule has 1 heterocycles. The summed E-state index contributed by atoms with van der Waals surface area (Å²) in [5, 5.41) is 3.34. The molecule has 2 fully saturated rings. The van der Waals surface area contributed by atoms with E-state index < -0.39 is 0 Å². The second-order valence-electron chi connectivity index (χ2n) is 6.25. The minimum Gasteiger partial charge on any atom is -0.338 e. The second kappa shape index (κ2) is 7.28. The van der Waals surface area contributed by atoms with Crippen molar-refractivity contribution in [1.29, 1.82) is 0 Å². The largest absolute Gasteiger partial charge is 0.338 e. The Morgan fingerprint density at radius 3 is 2.53 bits per heavy atom. The molecule has 0 radical (unpaired) electrons. The lowest BCUT2D eigenvalue weighted by Crippen LogP contribution is -2.54. The highest BCUT2D eigenvalue weighted by atomic mass is 16.2. The fourth-order valence-electron chi connectivity index (χ4n) is 3.85. The number of likely N-dealkylation sites (tertiary alicyclic amines) is 1. The summed E-state index contributed by atoms with van der Waals surface area (Å²) in [5.74, 6) is 1.29. The molecule has 0 aromatic carbocycles. The predicted octanol–water partition coefficient (Wildman–Crippen LogP) is 2.95. The lowest BCUT2D eigenvalue weighted by Gasteiger charge is -2.41. The third kappa shape index (κ3) is 3.71. The highest BCUT2D eigenvalue weighted by Gasteiger charge is 2.34.